The molecule has 0 saturated heterocycles. The highest BCUT2D eigenvalue weighted by molar-refractivity contribution is 6.01. The van der Waals surface area contributed by atoms with Crippen molar-refractivity contribution in [1.29, 1.82) is 0 Å². The van der Waals surface area contributed by atoms with E-state index in [-0.39, 0.29) is 11.7 Å². The van der Waals surface area contributed by atoms with Gasteiger partial charge in [-0.05, 0) is 12.1 Å². The summed E-state index contributed by atoms with van der Waals surface area (Å²) >= 11 is 0. The molecule has 0 fully saturated rings. The Hall–Kier alpha value is -2.83. The minimum absolute atomic E-state index is 0.0375. The van der Waals surface area contributed by atoms with E-state index in [1.807, 2.05) is 0 Å². The quantitative estimate of drug-likeness (QED) is 0.276. The fourth-order valence-corrected chi connectivity index (χ4v) is 1.54. The van der Waals surface area contributed by atoms with Crippen LogP contribution >= 0.6 is 0 Å². The van der Waals surface area contributed by atoms with Gasteiger partial charge in [0.15, 0.2) is 5.84 Å². The average molecular weight is 259 g/mol. The van der Waals surface area contributed by atoms with Crippen molar-refractivity contribution >= 4 is 11.7 Å². The molecule has 0 atom stereocenters. The number of carbonyl (C=O) groups excluding carboxylic acids is 1. The van der Waals surface area contributed by atoms with Gasteiger partial charge in [-0.25, -0.2) is 0 Å². The van der Waals surface area contributed by atoms with Gasteiger partial charge in [-0.3, -0.25) is 9.89 Å². The third-order valence-electron chi connectivity index (χ3n) is 2.54. The molecule has 0 bridgehead atoms. The van der Waals surface area contributed by atoms with Crippen LogP contribution < -0.4 is 11.1 Å². The molecule has 2 rings (SSSR count). The minimum atomic E-state index is -0.242. The number of hydrogen-bond donors (Lipinski definition) is 4. The summed E-state index contributed by atoms with van der Waals surface area (Å²) in [6.45, 7) is 0.378. The summed E-state index contributed by atoms with van der Waals surface area (Å²) < 4.78 is 0. The van der Waals surface area contributed by atoms with Gasteiger partial charge >= 0.3 is 0 Å². The van der Waals surface area contributed by atoms with Gasteiger partial charge < -0.3 is 16.3 Å². The van der Waals surface area contributed by atoms with Crippen molar-refractivity contribution < 1.29 is 10.0 Å². The Labute approximate surface area is 109 Å². The van der Waals surface area contributed by atoms with Crippen LogP contribution in [-0.4, -0.2) is 27.1 Å². The summed E-state index contributed by atoms with van der Waals surface area (Å²) in [5, 5.41) is 20.7. The average Bonchev–Trinajstić information content (AvgIpc) is 2.97. The molecule has 0 unspecified atom stereocenters. The smallest absolute Gasteiger partial charge is 0.251 e. The molecule has 0 aliphatic carbocycles. The third kappa shape index (κ3) is 3.09. The van der Waals surface area contributed by atoms with E-state index in [0.717, 1.165) is 5.56 Å². The number of nitrogens with one attached hydrogen (secondary N) is 2. The van der Waals surface area contributed by atoms with Crippen LogP contribution in [0.15, 0.2) is 41.8 Å². The number of nitrogens with zero attached hydrogens (tertiary/aromatic N) is 2. The highest BCUT2D eigenvalue weighted by Gasteiger charge is 2.08. The Morgan fingerprint density at radius 2 is 2.26 bits per heavy atom. The molecule has 98 valence electrons. The Bertz CT molecular complexity index is 592. The maximum atomic E-state index is 11.9. The minimum Gasteiger partial charge on any atom is -0.409 e. The SMILES string of the molecule is N/C(=N/O)c1cccc(C(=O)NCc2cn[nH]c2)c1. The molecule has 7 nitrogen and oxygen atoms in total. The first kappa shape index (κ1) is 12.6. The van der Waals surface area contributed by atoms with Gasteiger partial charge in [0.25, 0.3) is 5.91 Å². The molecular formula is C12H13N5O2. The maximum Gasteiger partial charge on any atom is 0.251 e. The van der Waals surface area contributed by atoms with Crippen LogP contribution in [0.4, 0.5) is 0 Å². The fourth-order valence-electron chi connectivity index (χ4n) is 1.54. The lowest BCUT2D eigenvalue weighted by Gasteiger charge is -2.05. The lowest BCUT2D eigenvalue weighted by Crippen LogP contribution is -2.23. The van der Waals surface area contributed by atoms with Crippen LogP contribution in [0, 0.1) is 0 Å². The largest absolute Gasteiger partial charge is 0.409 e. The van der Waals surface area contributed by atoms with Crippen LogP contribution in [0.25, 0.3) is 0 Å². The molecule has 0 saturated carbocycles. The van der Waals surface area contributed by atoms with Crippen molar-refractivity contribution in [2.75, 3.05) is 0 Å². The predicted molar refractivity (Wildman–Crippen MR) is 68.7 cm³/mol. The van der Waals surface area contributed by atoms with E-state index < -0.39 is 0 Å². The number of H-pyrrole nitrogens is 1. The summed E-state index contributed by atoms with van der Waals surface area (Å²) in [4.78, 5) is 11.9. The molecule has 0 spiro atoms. The van der Waals surface area contributed by atoms with E-state index in [1.54, 1.807) is 36.7 Å². The van der Waals surface area contributed by atoms with Crippen LogP contribution in [-0.2, 0) is 6.54 Å². The molecule has 0 aliphatic heterocycles. The third-order valence-corrected chi connectivity index (χ3v) is 2.54. The van der Waals surface area contributed by atoms with Crippen molar-refractivity contribution in [2.24, 2.45) is 10.9 Å². The maximum absolute atomic E-state index is 11.9. The molecule has 2 aromatic rings. The van der Waals surface area contributed by atoms with Gasteiger partial charge in [0.1, 0.15) is 0 Å². The number of rotatable bonds is 4. The van der Waals surface area contributed by atoms with Crippen molar-refractivity contribution in [1.82, 2.24) is 15.5 Å². The summed E-state index contributed by atoms with van der Waals surface area (Å²) in [6, 6.07) is 6.53. The van der Waals surface area contributed by atoms with Crippen molar-refractivity contribution in [3.63, 3.8) is 0 Å². The summed E-state index contributed by atoms with van der Waals surface area (Å²) in [5.41, 5.74) is 7.27. The zero-order valence-corrected chi connectivity index (χ0v) is 10.00. The zero-order chi connectivity index (χ0) is 13.7. The molecule has 7 heteroatoms. The van der Waals surface area contributed by atoms with E-state index in [2.05, 4.69) is 20.7 Å². The number of aromatic amines is 1. The number of benzene rings is 1. The van der Waals surface area contributed by atoms with Gasteiger partial charge in [-0.2, -0.15) is 5.10 Å². The van der Waals surface area contributed by atoms with E-state index in [4.69, 9.17) is 10.9 Å². The monoisotopic (exact) mass is 259 g/mol. The van der Waals surface area contributed by atoms with Gasteiger partial charge in [-0.1, -0.05) is 17.3 Å². The molecule has 5 N–H and O–H groups in total. The second kappa shape index (κ2) is 5.67. The van der Waals surface area contributed by atoms with E-state index in [0.29, 0.717) is 17.7 Å². The van der Waals surface area contributed by atoms with Crippen LogP contribution in [0.3, 0.4) is 0 Å². The Morgan fingerprint density at radius 1 is 1.47 bits per heavy atom. The van der Waals surface area contributed by atoms with Gasteiger partial charge in [0, 0.05) is 29.4 Å². The van der Waals surface area contributed by atoms with Crippen LogP contribution in [0.1, 0.15) is 21.5 Å². The highest BCUT2D eigenvalue weighted by atomic mass is 16.4. The normalized spacial score (nSPS) is 11.3. The van der Waals surface area contributed by atoms with E-state index in [1.165, 1.54) is 0 Å². The second-order valence-corrected chi connectivity index (χ2v) is 3.86. The number of oxime groups is 1. The first-order valence-corrected chi connectivity index (χ1v) is 5.54. The molecule has 1 aromatic heterocycles. The zero-order valence-electron chi connectivity index (χ0n) is 10.00. The molecule has 0 aliphatic rings. The fraction of sp³-hybridized carbons (Fsp3) is 0.0833. The van der Waals surface area contributed by atoms with E-state index in [9.17, 15) is 4.79 Å². The van der Waals surface area contributed by atoms with Gasteiger partial charge in [0.05, 0.1) is 6.20 Å². The number of amides is 1. The summed E-state index contributed by atoms with van der Waals surface area (Å²) in [6.07, 6.45) is 3.33. The van der Waals surface area contributed by atoms with Gasteiger partial charge in [0.2, 0.25) is 0 Å². The Balaban J connectivity index is 2.07. The number of carbonyl (C=O) groups is 1. The lowest BCUT2D eigenvalue weighted by atomic mass is 10.1. The van der Waals surface area contributed by atoms with Crippen LogP contribution in [0.2, 0.25) is 0 Å². The van der Waals surface area contributed by atoms with Crippen molar-refractivity contribution in [3.05, 3.63) is 53.3 Å². The first-order chi connectivity index (χ1) is 9.20. The second-order valence-electron chi connectivity index (χ2n) is 3.86. The molecule has 0 radical (unpaired) electrons. The molecule has 19 heavy (non-hydrogen) atoms. The van der Waals surface area contributed by atoms with Crippen LogP contribution in [0.5, 0.6) is 0 Å². The number of nitrogens with two attached hydrogens (primary N) is 1. The summed E-state index contributed by atoms with van der Waals surface area (Å²) in [5.74, 6) is -0.279. The lowest BCUT2D eigenvalue weighted by molar-refractivity contribution is 0.0951. The highest BCUT2D eigenvalue weighted by Crippen LogP contribution is 2.05. The molecule has 1 heterocycles. The molecular weight excluding hydrogens is 246 g/mol. The Morgan fingerprint density at radius 3 is 2.95 bits per heavy atom. The number of hydrogen-bond acceptors (Lipinski definition) is 4. The van der Waals surface area contributed by atoms with E-state index >= 15 is 0 Å². The Kier molecular flexibility index (Phi) is 3.77. The summed E-state index contributed by atoms with van der Waals surface area (Å²) in [7, 11) is 0. The topological polar surface area (TPSA) is 116 Å². The number of aromatic nitrogens is 2. The first-order valence-electron chi connectivity index (χ1n) is 5.54. The molecule has 1 aromatic carbocycles. The molecule has 1 amide bonds. The van der Waals surface area contributed by atoms with Crippen molar-refractivity contribution in [2.45, 2.75) is 6.54 Å². The standard InChI is InChI=1S/C12H13N5O2/c13-11(17-19)9-2-1-3-10(4-9)12(18)14-5-8-6-15-16-7-8/h1-4,6-7,19H,5H2,(H2,13,17)(H,14,18)(H,15,16). The van der Waals surface area contributed by atoms with Crippen molar-refractivity contribution in [3.8, 4) is 0 Å². The van der Waals surface area contributed by atoms with Gasteiger partial charge in [-0.15, -0.1) is 0 Å². The number of amidine groups is 1. The predicted octanol–water partition coefficient (Wildman–Crippen LogP) is 0.434.